The Morgan fingerprint density at radius 2 is 1.84 bits per heavy atom. The summed E-state index contributed by atoms with van der Waals surface area (Å²) in [6.45, 7) is 4.60. The second-order valence-corrected chi connectivity index (χ2v) is 4.98. The van der Waals surface area contributed by atoms with Crippen LogP contribution in [-0.2, 0) is 6.54 Å². The van der Waals surface area contributed by atoms with Gasteiger partial charge in [0.1, 0.15) is 0 Å². The summed E-state index contributed by atoms with van der Waals surface area (Å²) in [5.74, 6) is 0.922. The number of imidazole rings is 1. The van der Waals surface area contributed by atoms with Crippen LogP contribution < -0.4 is 5.32 Å². The molecule has 1 aromatic heterocycles. The molecule has 0 amide bonds. The number of benzene rings is 1. The van der Waals surface area contributed by atoms with E-state index in [-0.39, 0.29) is 0 Å². The van der Waals surface area contributed by atoms with E-state index in [0.29, 0.717) is 0 Å². The highest BCUT2D eigenvalue weighted by atomic mass is 15.2. The van der Waals surface area contributed by atoms with Gasteiger partial charge in [0.2, 0.25) is 5.95 Å². The highest BCUT2D eigenvalue weighted by Crippen LogP contribution is 2.14. The lowest BCUT2D eigenvalue weighted by Gasteiger charge is -2.16. The Bertz CT molecular complexity index is 500. The number of likely N-dealkylation sites (tertiary alicyclic amines) is 1. The number of rotatable bonds is 5. The monoisotopic (exact) mass is 256 g/mol. The van der Waals surface area contributed by atoms with Gasteiger partial charge in [0.15, 0.2) is 0 Å². The summed E-state index contributed by atoms with van der Waals surface area (Å²) in [6.07, 6.45) is 6.59. The lowest BCUT2D eigenvalue weighted by molar-refractivity contribution is 0.323. The molecule has 0 saturated carbocycles. The minimum atomic E-state index is 0.922. The maximum Gasteiger partial charge on any atom is 0.207 e. The van der Waals surface area contributed by atoms with E-state index in [9.17, 15) is 0 Å². The summed E-state index contributed by atoms with van der Waals surface area (Å²) in [5.41, 5.74) is 1.08. The molecule has 1 aliphatic rings. The van der Waals surface area contributed by atoms with Crippen LogP contribution >= 0.6 is 0 Å². The predicted molar refractivity (Wildman–Crippen MR) is 77.6 cm³/mol. The van der Waals surface area contributed by atoms with Crippen LogP contribution in [0.15, 0.2) is 42.7 Å². The molecule has 0 atom stereocenters. The average molecular weight is 256 g/mol. The first-order valence-corrected chi connectivity index (χ1v) is 6.97. The van der Waals surface area contributed by atoms with Crippen molar-refractivity contribution in [2.45, 2.75) is 19.4 Å². The molecule has 3 rings (SSSR count). The lowest BCUT2D eigenvalue weighted by atomic mass is 10.3. The second kappa shape index (κ2) is 5.89. The topological polar surface area (TPSA) is 33.1 Å². The maximum atomic E-state index is 4.39. The van der Waals surface area contributed by atoms with Crippen molar-refractivity contribution in [3.05, 3.63) is 42.7 Å². The molecule has 1 N–H and O–H groups in total. The minimum Gasteiger partial charge on any atom is -0.326 e. The van der Waals surface area contributed by atoms with E-state index in [0.717, 1.165) is 24.7 Å². The molecule has 0 aliphatic carbocycles. The number of hydrogen-bond donors (Lipinski definition) is 1. The normalized spacial score (nSPS) is 15.8. The molecule has 0 spiro atoms. The standard InChI is InChI=1S/C15H20N4/c1-2-6-14(7-3-1)17-15-16-8-11-19(15)13-12-18-9-4-5-10-18/h1-3,6-8,11H,4-5,9-10,12-13H2,(H,16,17). The van der Waals surface area contributed by atoms with Gasteiger partial charge in [0, 0.05) is 31.2 Å². The van der Waals surface area contributed by atoms with E-state index in [1.165, 1.54) is 25.9 Å². The molecule has 1 aliphatic heterocycles. The fraction of sp³-hybridized carbons (Fsp3) is 0.400. The highest BCUT2D eigenvalue weighted by Gasteiger charge is 2.11. The van der Waals surface area contributed by atoms with Crippen molar-refractivity contribution in [2.24, 2.45) is 0 Å². The van der Waals surface area contributed by atoms with Crippen molar-refractivity contribution in [3.8, 4) is 0 Å². The Hall–Kier alpha value is -1.81. The fourth-order valence-corrected chi connectivity index (χ4v) is 2.52. The summed E-state index contributed by atoms with van der Waals surface area (Å²) in [4.78, 5) is 6.91. The molecule has 1 saturated heterocycles. The van der Waals surface area contributed by atoms with Gasteiger partial charge in [0.25, 0.3) is 0 Å². The number of nitrogens with one attached hydrogen (secondary N) is 1. The molecule has 0 radical (unpaired) electrons. The molecule has 1 fully saturated rings. The van der Waals surface area contributed by atoms with E-state index in [4.69, 9.17) is 0 Å². The zero-order valence-corrected chi connectivity index (χ0v) is 11.1. The molecular weight excluding hydrogens is 236 g/mol. The van der Waals surface area contributed by atoms with Gasteiger partial charge < -0.3 is 14.8 Å². The van der Waals surface area contributed by atoms with Gasteiger partial charge >= 0.3 is 0 Å². The molecule has 0 unspecified atom stereocenters. The zero-order valence-electron chi connectivity index (χ0n) is 11.1. The summed E-state index contributed by atoms with van der Waals surface area (Å²) in [7, 11) is 0. The third-order valence-electron chi connectivity index (χ3n) is 3.60. The van der Waals surface area contributed by atoms with E-state index in [2.05, 4.69) is 31.9 Å². The number of anilines is 2. The van der Waals surface area contributed by atoms with Gasteiger partial charge in [-0.05, 0) is 38.1 Å². The van der Waals surface area contributed by atoms with Crippen molar-refractivity contribution in [3.63, 3.8) is 0 Å². The average Bonchev–Trinajstić information content (AvgIpc) is 3.09. The largest absolute Gasteiger partial charge is 0.326 e. The fourth-order valence-electron chi connectivity index (χ4n) is 2.52. The van der Waals surface area contributed by atoms with Gasteiger partial charge in [0.05, 0.1) is 0 Å². The van der Waals surface area contributed by atoms with E-state index < -0.39 is 0 Å². The van der Waals surface area contributed by atoms with Gasteiger partial charge in [-0.15, -0.1) is 0 Å². The van der Waals surface area contributed by atoms with E-state index in [1.807, 2.05) is 30.6 Å². The van der Waals surface area contributed by atoms with Crippen molar-refractivity contribution < 1.29 is 0 Å². The maximum absolute atomic E-state index is 4.39. The predicted octanol–water partition coefficient (Wildman–Crippen LogP) is 2.72. The number of nitrogens with zero attached hydrogens (tertiary/aromatic N) is 3. The minimum absolute atomic E-state index is 0.922. The Labute approximate surface area is 114 Å². The molecular formula is C15H20N4. The molecule has 4 heteroatoms. The molecule has 0 bridgehead atoms. The van der Waals surface area contributed by atoms with Crippen LogP contribution in [0.25, 0.3) is 0 Å². The second-order valence-electron chi connectivity index (χ2n) is 4.98. The Morgan fingerprint density at radius 3 is 2.63 bits per heavy atom. The van der Waals surface area contributed by atoms with E-state index >= 15 is 0 Å². The van der Waals surface area contributed by atoms with E-state index in [1.54, 1.807) is 0 Å². The van der Waals surface area contributed by atoms with Crippen LogP contribution in [0, 0.1) is 0 Å². The van der Waals surface area contributed by atoms with Crippen LogP contribution in [0.4, 0.5) is 11.6 Å². The SMILES string of the molecule is c1ccc(Nc2nccn2CCN2CCCC2)cc1. The lowest BCUT2D eigenvalue weighted by Crippen LogP contribution is -2.24. The first kappa shape index (κ1) is 12.2. The zero-order chi connectivity index (χ0) is 12.9. The van der Waals surface area contributed by atoms with Crippen molar-refractivity contribution in [2.75, 3.05) is 25.0 Å². The smallest absolute Gasteiger partial charge is 0.207 e. The number of hydrogen-bond acceptors (Lipinski definition) is 3. The molecule has 1 aromatic carbocycles. The van der Waals surface area contributed by atoms with Gasteiger partial charge in [-0.3, -0.25) is 0 Å². The Kier molecular flexibility index (Phi) is 3.79. The van der Waals surface area contributed by atoms with Crippen molar-refractivity contribution in [1.29, 1.82) is 0 Å². The van der Waals surface area contributed by atoms with Gasteiger partial charge in [-0.2, -0.15) is 0 Å². The van der Waals surface area contributed by atoms with Gasteiger partial charge in [-0.25, -0.2) is 4.98 Å². The van der Waals surface area contributed by atoms with Crippen molar-refractivity contribution >= 4 is 11.6 Å². The molecule has 19 heavy (non-hydrogen) atoms. The summed E-state index contributed by atoms with van der Waals surface area (Å²) >= 11 is 0. The molecule has 2 heterocycles. The first-order chi connectivity index (χ1) is 9.42. The highest BCUT2D eigenvalue weighted by molar-refractivity contribution is 5.52. The van der Waals surface area contributed by atoms with Crippen LogP contribution in [0.2, 0.25) is 0 Å². The van der Waals surface area contributed by atoms with Gasteiger partial charge in [-0.1, -0.05) is 18.2 Å². The quantitative estimate of drug-likeness (QED) is 0.893. The summed E-state index contributed by atoms with van der Waals surface area (Å²) < 4.78 is 2.19. The third-order valence-corrected chi connectivity index (χ3v) is 3.60. The summed E-state index contributed by atoms with van der Waals surface area (Å²) in [6, 6.07) is 10.2. The number of aromatic nitrogens is 2. The molecule has 4 nitrogen and oxygen atoms in total. The Morgan fingerprint density at radius 1 is 1.05 bits per heavy atom. The van der Waals surface area contributed by atoms with Crippen molar-refractivity contribution in [1.82, 2.24) is 14.5 Å². The van der Waals surface area contributed by atoms with Crippen LogP contribution in [0.1, 0.15) is 12.8 Å². The number of para-hydroxylation sites is 1. The third kappa shape index (κ3) is 3.15. The Balaban J connectivity index is 1.61. The van der Waals surface area contributed by atoms with Crippen LogP contribution in [0.5, 0.6) is 0 Å². The first-order valence-electron chi connectivity index (χ1n) is 6.97. The van der Waals surface area contributed by atoms with Crippen LogP contribution in [-0.4, -0.2) is 34.1 Å². The molecule has 100 valence electrons. The molecule has 2 aromatic rings. The summed E-state index contributed by atoms with van der Waals surface area (Å²) in [5, 5.41) is 3.36. The van der Waals surface area contributed by atoms with Crippen LogP contribution in [0.3, 0.4) is 0 Å².